The summed E-state index contributed by atoms with van der Waals surface area (Å²) < 4.78 is 10.1. The third-order valence-corrected chi connectivity index (χ3v) is 14.4. The second kappa shape index (κ2) is 11.9. The fourth-order valence-corrected chi connectivity index (χ4v) is 11.3. The number of allylic oxidation sites excluding steroid dienone is 1. The molecule has 8 rings (SSSR count). The van der Waals surface area contributed by atoms with Gasteiger partial charge in [-0.15, -0.1) is 34.3 Å². The van der Waals surface area contributed by atoms with Gasteiger partial charge in [-0.3, -0.25) is 23.5 Å². The molecule has 0 aromatic carbocycles. The number of halogens is 2. The Balaban J connectivity index is 0.960. The van der Waals surface area contributed by atoms with Crippen molar-refractivity contribution < 1.29 is 9.53 Å². The summed E-state index contributed by atoms with van der Waals surface area (Å²) in [7, 11) is 0. The molecule has 8 nitrogen and oxygen atoms in total. The van der Waals surface area contributed by atoms with Crippen LogP contribution in [0, 0.1) is 11.8 Å². The van der Waals surface area contributed by atoms with Crippen molar-refractivity contribution >= 4 is 77.6 Å². The van der Waals surface area contributed by atoms with E-state index in [2.05, 4.69) is 6.92 Å². The van der Waals surface area contributed by atoms with E-state index >= 15 is 0 Å². The first-order chi connectivity index (χ1) is 22.3. The normalized spacial score (nSPS) is 24.7. The number of fused-ring (bicyclic) bond motifs is 8. The number of carbonyl (C=O) groups is 1. The second-order valence-electron chi connectivity index (χ2n) is 13.5. The molecule has 12 heteroatoms. The zero-order valence-corrected chi connectivity index (χ0v) is 29.0. The number of aromatic nitrogens is 4. The number of thiophene rings is 2. The minimum Gasteiger partial charge on any atom is -0.381 e. The molecule has 2 aliphatic heterocycles. The number of aryl methyl sites for hydroxylation is 4. The highest BCUT2D eigenvalue weighted by atomic mass is 35.5. The van der Waals surface area contributed by atoms with Gasteiger partial charge in [-0.25, -0.2) is 9.97 Å². The van der Waals surface area contributed by atoms with Crippen molar-refractivity contribution in [2.75, 3.05) is 13.2 Å². The molecule has 2 aliphatic carbocycles. The summed E-state index contributed by atoms with van der Waals surface area (Å²) in [5.41, 5.74) is 2.73. The van der Waals surface area contributed by atoms with Gasteiger partial charge in [0.1, 0.15) is 27.6 Å². The molecule has 3 unspecified atom stereocenters. The maximum absolute atomic E-state index is 13.7. The minimum atomic E-state index is -0.625. The van der Waals surface area contributed by atoms with Gasteiger partial charge in [-0.1, -0.05) is 18.0 Å². The van der Waals surface area contributed by atoms with E-state index in [-0.39, 0.29) is 17.0 Å². The summed E-state index contributed by atoms with van der Waals surface area (Å²) in [6.45, 7) is 4.60. The number of ether oxygens (including phenoxy) is 1. The Morgan fingerprint density at radius 3 is 2.41 bits per heavy atom. The van der Waals surface area contributed by atoms with Gasteiger partial charge in [-0.05, 0) is 75.3 Å². The molecular weight excluding hydrogens is 663 g/mol. The lowest BCUT2D eigenvalue weighted by atomic mass is 9.80. The zero-order valence-electron chi connectivity index (χ0n) is 25.8. The largest absolute Gasteiger partial charge is 0.381 e. The van der Waals surface area contributed by atoms with E-state index in [1.165, 1.54) is 11.3 Å². The Morgan fingerprint density at radius 1 is 0.870 bits per heavy atom. The van der Waals surface area contributed by atoms with Crippen LogP contribution >= 0.6 is 45.9 Å². The monoisotopic (exact) mass is 698 g/mol. The van der Waals surface area contributed by atoms with Gasteiger partial charge in [0, 0.05) is 48.9 Å². The van der Waals surface area contributed by atoms with Crippen LogP contribution in [0.25, 0.3) is 25.5 Å². The summed E-state index contributed by atoms with van der Waals surface area (Å²) >= 11 is 16.9. The van der Waals surface area contributed by atoms with Crippen LogP contribution < -0.4 is 11.1 Å². The molecule has 3 atom stereocenters. The molecule has 6 heterocycles. The van der Waals surface area contributed by atoms with Crippen LogP contribution in [0.4, 0.5) is 0 Å². The number of hydrogen-bond donors (Lipinski definition) is 0. The van der Waals surface area contributed by atoms with Crippen molar-refractivity contribution in [1.29, 1.82) is 0 Å². The van der Waals surface area contributed by atoms with Gasteiger partial charge < -0.3 is 4.74 Å². The summed E-state index contributed by atoms with van der Waals surface area (Å²) in [5, 5.41) is 1.91. The van der Waals surface area contributed by atoms with E-state index in [0.29, 0.717) is 65.8 Å². The molecule has 0 radical (unpaired) electrons. The molecule has 46 heavy (non-hydrogen) atoms. The van der Waals surface area contributed by atoms with Crippen LogP contribution in [-0.2, 0) is 53.2 Å². The van der Waals surface area contributed by atoms with Crippen LogP contribution in [0.1, 0.15) is 84.4 Å². The Hall–Kier alpha value is -2.37. The van der Waals surface area contributed by atoms with Crippen molar-refractivity contribution in [2.24, 2.45) is 11.8 Å². The standard InChI is InChI=1S/C34H36Cl2N4O4S2/c1-34(36)20(8-10-22-26-31(46-29(22)34)37-23-5-3-2-4-13-39(23)33(26)43)17-44-16-18-6-11-24-38-30-25(32(42)40(24)14-12-18)21-9-7-19(15-41)27(35)28(21)45-30/h15,18,20H,2-14,16-17H2,1H3. The number of alkyl halides is 1. The molecule has 0 saturated carbocycles. The maximum atomic E-state index is 13.7. The van der Waals surface area contributed by atoms with Crippen LogP contribution in [0.3, 0.4) is 0 Å². The SMILES string of the molecule is CC1(Cl)c2sc3nc4n(c(=O)c3c2CCC1COCC1CCc2nc3sc5c(c3c(=O)n2CC1)CCC(C=O)=C5Cl)CCCCC4. The number of carbonyl (C=O) groups excluding carboxylic acids is 1. The predicted molar refractivity (Wildman–Crippen MR) is 185 cm³/mol. The smallest absolute Gasteiger partial charge is 0.262 e. The van der Waals surface area contributed by atoms with Gasteiger partial charge in [0.25, 0.3) is 11.1 Å². The first-order valence-electron chi connectivity index (χ1n) is 16.5. The van der Waals surface area contributed by atoms with E-state index in [1.54, 1.807) is 11.3 Å². The number of hydrogen-bond acceptors (Lipinski definition) is 8. The lowest BCUT2D eigenvalue weighted by molar-refractivity contribution is -0.105. The molecule has 0 bridgehead atoms. The zero-order chi connectivity index (χ0) is 31.7. The highest BCUT2D eigenvalue weighted by Gasteiger charge is 2.42. The predicted octanol–water partition coefficient (Wildman–Crippen LogP) is 6.74. The highest BCUT2D eigenvalue weighted by Crippen LogP contribution is 2.50. The van der Waals surface area contributed by atoms with Crippen LogP contribution in [-0.4, -0.2) is 38.6 Å². The summed E-state index contributed by atoms with van der Waals surface area (Å²) in [5.74, 6) is 2.17. The van der Waals surface area contributed by atoms with E-state index in [4.69, 9.17) is 37.9 Å². The number of rotatable bonds is 5. The van der Waals surface area contributed by atoms with Gasteiger partial charge in [0.15, 0.2) is 0 Å². The first kappa shape index (κ1) is 30.9. The average molecular weight is 700 g/mol. The molecule has 0 fully saturated rings. The first-order valence-corrected chi connectivity index (χ1v) is 18.9. The van der Waals surface area contributed by atoms with Gasteiger partial charge >= 0.3 is 0 Å². The third kappa shape index (κ3) is 4.97. The quantitative estimate of drug-likeness (QED) is 0.169. The number of aldehydes is 1. The van der Waals surface area contributed by atoms with Crippen molar-refractivity contribution in [3.05, 3.63) is 58.8 Å². The maximum Gasteiger partial charge on any atom is 0.262 e. The molecule has 0 saturated heterocycles. The molecule has 4 aliphatic rings. The average Bonchev–Trinajstić information content (AvgIpc) is 3.42. The minimum absolute atomic E-state index is 0.00266. The van der Waals surface area contributed by atoms with Gasteiger partial charge in [-0.2, -0.15) is 0 Å². The molecule has 0 amide bonds. The molecule has 242 valence electrons. The Bertz CT molecular complexity index is 2060. The summed E-state index contributed by atoms with van der Waals surface area (Å²) in [6, 6.07) is 0. The van der Waals surface area contributed by atoms with Crippen molar-refractivity contribution in [2.45, 2.75) is 95.5 Å². The van der Waals surface area contributed by atoms with Crippen LogP contribution in [0.2, 0.25) is 0 Å². The van der Waals surface area contributed by atoms with Crippen molar-refractivity contribution in [3.8, 4) is 0 Å². The fourth-order valence-electron chi connectivity index (χ4n) is 7.96. The molecule has 4 aromatic rings. The Kier molecular flexibility index (Phi) is 8.04. The Labute approximate surface area is 284 Å². The van der Waals surface area contributed by atoms with E-state index in [1.807, 2.05) is 9.13 Å². The summed E-state index contributed by atoms with van der Waals surface area (Å²) in [4.78, 5) is 51.5. The molecule has 4 aromatic heterocycles. The van der Waals surface area contributed by atoms with E-state index in [0.717, 1.165) is 107 Å². The van der Waals surface area contributed by atoms with Crippen molar-refractivity contribution in [3.63, 3.8) is 0 Å². The fraction of sp³-hybridized carbons (Fsp3) is 0.559. The third-order valence-electron chi connectivity index (χ3n) is 10.7. The highest BCUT2D eigenvalue weighted by molar-refractivity contribution is 7.20. The lowest BCUT2D eigenvalue weighted by Gasteiger charge is -2.36. The van der Waals surface area contributed by atoms with E-state index in [9.17, 15) is 14.4 Å². The Morgan fingerprint density at radius 2 is 1.61 bits per heavy atom. The lowest BCUT2D eigenvalue weighted by Crippen LogP contribution is -2.35. The van der Waals surface area contributed by atoms with Crippen molar-refractivity contribution in [1.82, 2.24) is 19.1 Å². The molecule has 0 spiro atoms. The van der Waals surface area contributed by atoms with Gasteiger partial charge in [0.2, 0.25) is 0 Å². The number of nitrogens with zero attached hydrogens (tertiary/aromatic N) is 4. The molecular formula is C34H36Cl2N4O4S2. The van der Waals surface area contributed by atoms with Crippen LogP contribution in [0.15, 0.2) is 15.2 Å². The molecule has 0 N–H and O–H groups in total. The van der Waals surface area contributed by atoms with Gasteiger partial charge in [0.05, 0.1) is 32.2 Å². The topological polar surface area (TPSA) is 96.1 Å². The van der Waals surface area contributed by atoms with E-state index < -0.39 is 4.87 Å². The second-order valence-corrected chi connectivity index (χ2v) is 16.6. The summed E-state index contributed by atoms with van der Waals surface area (Å²) in [6.07, 6.45) is 10.2. The van der Waals surface area contributed by atoms with Crippen LogP contribution in [0.5, 0.6) is 0 Å².